The predicted molar refractivity (Wildman–Crippen MR) is 92.1 cm³/mol. The number of nitrogen functional groups attached to an aromatic ring is 1. The van der Waals surface area contributed by atoms with E-state index in [1.165, 1.54) is 6.21 Å². The number of nitrogens with zero attached hydrogens (tertiary/aromatic N) is 1. The van der Waals surface area contributed by atoms with Gasteiger partial charge < -0.3 is 10.8 Å². The molecule has 2 aromatic carbocycles. The molecule has 0 amide bonds. The summed E-state index contributed by atoms with van der Waals surface area (Å²) in [5.74, 6) is 0.0110. The molecule has 3 N–H and O–H groups in total. The lowest BCUT2D eigenvalue weighted by Crippen LogP contribution is -2.19. The van der Waals surface area contributed by atoms with Gasteiger partial charge in [-0.05, 0) is 23.6 Å². The molecule has 3 rings (SSSR count). The highest BCUT2D eigenvalue weighted by Gasteiger charge is 2.27. The number of ketones is 1. The van der Waals surface area contributed by atoms with Crippen LogP contribution in [0.4, 0.5) is 11.4 Å². The summed E-state index contributed by atoms with van der Waals surface area (Å²) in [6.45, 7) is 0. The van der Waals surface area contributed by atoms with E-state index >= 15 is 0 Å². The molecule has 0 heterocycles. The van der Waals surface area contributed by atoms with Crippen molar-refractivity contribution >= 4 is 23.4 Å². The van der Waals surface area contributed by atoms with Gasteiger partial charge in [0.05, 0.1) is 16.9 Å². The fourth-order valence-corrected chi connectivity index (χ4v) is 2.76. The van der Waals surface area contributed by atoms with E-state index in [0.29, 0.717) is 24.2 Å². The number of carbonyl (C=O) groups excluding carboxylic acids is 1. The first-order valence-corrected chi connectivity index (χ1v) is 7.54. The minimum atomic E-state index is -0.0964. The van der Waals surface area contributed by atoms with Crippen molar-refractivity contribution in [2.45, 2.75) is 18.8 Å². The molecule has 4 heteroatoms. The standard InChI is InChI=1S/C19H18N2O2/c20-16-8-4-5-9-17(16)21-12-15-18(22)10-14(11-19(15)23)13-6-2-1-3-7-13/h1-9,12,14,22H,10-11,20H2. The Kier molecular flexibility index (Phi) is 4.24. The number of benzene rings is 2. The van der Waals surface area contributed by atoms with E-state index in [9.17, 15) is 9.90 Å². The summed E-state index contributed by atoms with van der Waals surface area (Å²) in [5, 5.41) is 10.3. The van der Waals surface area contributed by atoms with Crippen LogP contribution in [0, 0.1) is 0 Å². The molecule has 23 heavy (non-hydrogen) atoms. The zero-order chi connectivity index (χ0) is 16.2. The molecule has 0 bridgehead atoms. The normalized spacial score (nSPS) is 18.6. The molecule has 0 radical (unpaired) electrons. The second-order valence-corrected chi connectivity index (χ2v) is 5.62. The van der Waals surface area contributed by atoms with Crippen LogP contribution in [0.2, 0.25) is 0 Å². The Bertz CT molecular complexity index is 779. The summed E-state index contributed by atoms with van der Waals surface area (Å²) in [4.78, 5) is 16.6. The first kappa shape index (κ1) is 15.0. The van der Waals surface area contributed by atoms with Crippen LogP contribution in [0.25, 0.3) is 0 Å². The molecule has 0 saturated heterocycles. The fourth-order valence-electron chi connectivity index (χ4n) is 2.76. The SMILES string of the molecule is Nc1ccccc1N=CC1=C(O)CC(c2ccccc2)CC1=O. The minimum absolute atomic E-state index is 0.0163. The number of nitrogens with two attached hydrogens (primary N) is 1. The zero-order valence-corrected chi connectivity index (χ0v) is 12.6. The monoisotopic (exact) mass is 306 g/mol. The summed E-state index contributed by atoms with van der Waals surface area (Å²) in [7, 11) is 0. The van der Waals surface area contributed by atoms with Gasteiger partial charge in [0.2, 0.25) is 0 Å². The van der Waals surface area contributed by atoms with Crippen molar-refractivity contribution in [2.75, 3.05) is 5.73 Å². The molecule has 1 atom stereocenters. The van der Waals surface area contributed by atoms with E-state index in [4.69, 9.17) is 5.73 Å². The highest BCUT2D eigenvalue weighted by Crippen LogP contribution is 2.33. The third-order valence-corrected chi connectivity index (χ3v) is 4.02. The van der Waals surface area contributed by atoms with Crippen molar-refractivity contribution in [3.63, 3.8) is 0 Å². The average molecular weight is 306 g/mol. The number of Topliss-reactive ketones (excluding diaryl/α,β-unsaturated/α-hetero) is 1. The molecule has 0 aliphatic heterocycles. The Hall–Kier alpha value is -2.88. The predicted octanol–water partition coefficient (Wildman–Crippen LogP) is 3.93. The molecule has 0 aromatic heterocycles. The zero-order valence-electron chi connectivity index (χ0n) is 12.6. The van der Waals surface area contributed by atoms with Gasteiger partial charge in [0.25, 0.3) is 0 Å². The van der Waals surface area contributed by atoms with Crippen LogP contribution in [0.3, 0.4) is 0 Å². The Morgan fingerprint density at radius 2 is 1.74 bits per heavy atom. The Morgan fingerprint density at radius 3 is 2.43 bits per heavy atom. The van der Waals surface area contributed by atoms with Gasteiger partial charge in [-0.2, -0.15) is 0 Å². The number of aliphatic hydroxyl groups is 1. The maximum atomic E-state index is 12.4. The highest BCUT2D eigenvalue weighted by atomic mass is 16.3. The van der Waals surface area contributed by atoms with Crippen molar-refractivity contribution in [3.8, 4) is 0 Å². The maximum absolute atomic E-state index is 12.4. The summed E-state index contributed by atoms with van der Waals surface area (Å²) >= 11 is 0. The topological polar surface area (TPSA) is 75.7 Å². The summed E-state index contributed by atoms with van der Waals surface area (Å²) in [6, 6.07) is 16.9. The van der Waals surface area contributed by atoms with Gasteiger partial charge in [-0.15, -0.1) is 0 Å². The molecule has 4 nitrogen and oxygen atoms in total. The first-order valence-electron chi connectivity index (χ1n) is 7.54. The molecule has 1 unspecified atom stereocenters. The lowest BCUT2D eigenvalue weighted by atomic mass is 9.83. The number of aliphatic hydroxyl groups excluding tert-OH is 1. The molecule has 2 aromatic rings. The van der Waals surface area contributed by atoms with Gasteiger partial charge in [0, 0.05) is 19.1 Å². The van der Waals surface area contributed by atoms with Gasteiger partial charge in [-0.1, -0.05) is 42.5 Å². The van der Waals surface area contributed by atoms with Gasteiger partial charge >= 0.3 is 0 Å². The molecule has 0 spiro atoms. The van der Waals surface area contributed by atoms with E-state index < -0.39 is 0 Å². The van der Waals surface area contributed by atoms with Crippen LogP contribution in [0.1, 0.15) is 24.3 Å². The smallest absolute Gasteiger partial charge is 0.168 e. The van der Waals surface area contributed by atoms with E-state index in [1.807, 2.05) is 42.5 Å². The quantitative estimate of drug-likeness (QED) is 0.666. The average Bonchev–Trinajstić information content (AvgIpc) is 2.56. The third kappa shape index (κ3) is 3.31. The van der Waals surface area contributed by atoms with Crippen molar-refractivity contribution in [1.82, 2.24) is 0 Å². The van der Waals surface area contributed by atoms with Crippen LogP contribution >= 0.6 is 0 Å². The minimum Gasteiger partial charge on any atom is -0.511 e. The van der Waals surface area contributed by atoms with Crippen molar-refractivity contribution in [1.29, 1.82) is 0 Å². The van der Waals surface area contributed by atoms with E-state index in [0.717, 1.165) is 5.56 Å². The molecule has 0 fully saturated rings. The van der Waals surface area contributed by atoms with Gasteiger partial charge in [0.1, 0.15) is 5.76 Å². The molecule has 1 aliphatic carbocycles. The van der Waals surface area contributed by atoms with Crippen LogP contribution in [-0.2, 0) is 4.79 Å². The lowest BCUT2D eigenvalue weighted by Gasteiger charge is -2.22. The Balaban J connectivity index is 1.83. The van der Waals surface area contributed by atoms with E-state index in [-0.39, 0.29) is 23.0 Å². The highest BCUT2D eigenvalue weighted by molar-refractivity contribution is 6.15. The van der Waals surface area contributed by atoms with Crippen LogP contribution in [-0.4, -0.2) is 17.1 Å². The van der Waals surface area contributed by atoms with Crippen LogP contribution in [0.15, 0.2) is 70.9 Å². The lowest BCUT2D eigenvalue weighted by molar-refractivity contribution is -0.116. The number of hydrogen-bond donors (Lipinski definition) is 2. The third-order valence-electron chi connectivity index (χ3n) is 4.02. The van der Waals surface area contributed by atoms with Crippen LogP contribution in [0.5, 0.6) is 0 Å². The van der Waals surface area contributed by atoms with Gasteiger partial charge in [-0.25, -0.2) is 0 Å². The van der Waals surface area contributed by atoms with Gasteiger partial charge in [-0.3, -0.25) is 9.79 Å². The number of carbonyl (C=O) groups is 1. The Morgan fingerprint density at radius 1 is 1.04 bits per heavy atom. The summed E-state index contributed by atoms with van der Waals surface area (Å²) in [6.07, 6.45) is 2.24. The number of aliphatic imine (C=N–C) groups is 1. The largest absolute Gasteiger partial charge is 0.511 e. The number of para-hydroxylation sites is 2. The summed E-state index contributed by atoms with van der Waals surface area (Å²) < 4.78 is 0. The van der Waals surface area contributed by atoms with Gasteiger partial charge in [0.15, 0.2) is 5.78 Å². The van der Waals surface area contributed by atoms with E-state index in [1.54, 1.807) is 12.1 Å². The van der Waals surface area contributed by atoms with Crippen molar-refractivity contribution < 1.29 is 9.90 Å². The molecular weight excluding hydrogens is 288 g/mol. The number of rotatable bonds is 3. The van der Waals surface area contributed by atoms with Crippen molar-refractivity contribution in [2.24, 2.45) is 4.99 Å². The number of allylic oxidation sites excluding steroid dienone is 2. The number of hydrogen-bond acceptors (Lipinski definition) is 4. The molecule has 116 valence electrons. The van der Waals surface area contributed by atoms with Crippen molar-refractivity contribution in [3.05, 3.63) is 71.5 Å². The van der Waals surface area contributed by atoms with Crippen LogP contribution < -0.4 is 5.73 Å². The summed E-state index contributed by atoms with van der Waals surface area (Å²) in [5.41, 5.74) is 8.29. The maximum Gasteiger partial charge on any atom is 0.168 e. The first-order chi connectivity index (χ1) is 11.1. The Labute approximate surface area is 135 Å². The number of anilines is 1. The second-order valence-electron chi connectivity index (χ2n) is 5.62. The van der Waals surface area contributed by atoms with E-state index in [2.05, 4.69) is 4.99 Å². The fraction of sp³-hybridized carbons (Fsp3) is 0.158. The second kappa shape index (κ2) is 6.48. The molecular formula is C19H18N2O2. The molecule has 0 saturated carbocycles. The molecule has 1 aliphatic rings.